The second kappa shape index (κ2) is 4.45. The Labute approximate surface area is 107 Å². The maximum Gasteiger partial charge on any atom is 0.270 e. The molecule has 0 spiro atoms. The molecule has 0 aliphatic heterocycles. The van der Waals surface area contributed by atoms with E-state index >= 15 is 0 Å². The van der Waals surface area contributed by atoms with Crippen LogP contribution in [0.2, 0.25) is 0 Å². The monoisotopic (exact) mass is 257 g/mol. The molecule has 0 atom stereocenters. The minimum absolute atomic E-state index is 0.143. The Balaban J connectivity index is 2.03. The van der Waals surface area contributed by atoms with Crippen molar-refractivity contribution in [1.82, 2.24) is 20.2 Å². The summed E-state index contributed by atoms with van der Waals surface area (Å²) in [6.45, 7) is 0. The van der Waals surface area contributed by atoms with Gasteiger partial charge in [-0.15, -0.1) is 10.2 Å². The third kappa shape index (κ3) is 2.13. The summed E-state index contributed by atoms with van der Waals surface area (Å²) >= 11 is 0. The van der Waals surface area contributed by atoms with Gasteiger partial charge in [0.05, 0.1) is 0 Å². The largest absolute Gasteiger partial charge is 0.414 e. The number of benzene rings is 1. The smallest absolute Gasteiger partial charge is 0.270 e. The van der Waals surface area contributed by atoms with Gasteiger partial charge in [0.15, 0.2) is 11.5 Å². The van der Waals surface area contributed by atoms with Gasteiger partial charge in [-0.05, 0) is 18.2 Å². The maximum absolute atomic E-state index is 13.1. The molecule has 3 aromatic rings. The van der Waals surface area contributed by atoms with Crippen LogP contribution in [0.3, 0.4) is 0 Å². The van der Waals surface area contributed by atoms with Gasteiger partial charge in [0, 0.05) is 18.0 Å². The van der Waals surface area contributed by atoms with Crippen molar-refractivity contribution in [2.75, 3.05) is 5.73 Å². The average Bonchev–Trinajstić information content (AvgIpc) is 2.89. The number of nitrogens with zero attached hydrogens (tertiary/aromatic N) is 4. The Morgan fingerprint density at radius 2 is 1.84 bits per heavy atom. The summed E-state index contributed by atoms with van der Waals surface area (Å²) in [4.78, 5) is 7.89. The molecule has 1 aromatic carbocycles. The van der Waals surface area contributed by atoms with Crippen LogP contribution >= 0.6 is 0 Å². The minimum Gasteiger partial charge on any atom is -0.414 e. The molecule has 2 aromatic heterocycles. The number of rotatable bonds is 2. The molecule has 0 unspecified atom stereocenters. The minimum atomic E-state index is -0.378. The summed E-state index contributed by atoms with van der Waals surface area (Å²) in [5.74, 6) is 0.151. The van der Waals surface area contributed by atoms with Gasteiger partial charge in [-0.2, -0.15) is 0 Å². The standard InChI is InChI=1S/C12H8FN5O/c13-8-3-1-2-7(6-8)11-17-18-12(19-11)9-10(14)16-5-4-15-9/h1-6H,(H2,14,16). The molecule has 19 heavy (non-hydrogen) atoms. The Morgan fingerprint density at radius 1 is 1.05 bits per heavy atom. The first-order valence-corrected chi connectivity index (χ1v) is 5.40. The van der Waals surface area contributed by atoms with E-state index in [-0.39, 0.29) is 23.4 Å². The van der Waals surface area contributed by atoms with Gasteiger partial charge in [-0.25, -0.2) is 14.4 Å². The molecule has 0 aliphatic rings. The zero-order valence-corrected chi connectivity index (χ0v) is 9.62. The Kier molecular flexibility index (Phi) is 2.64. The number of anilines is 1. The summed E-state index contributed by atoms with van der Waals surface area (Å²) < 4.78 is 18.5. The fourth-order valence-electron chi connectivity index (χ4n) is 1.57. The quantitative estimate of drug-likeness (QED) is 0.754. The zero-order chi connectivity index (χ0) is 13.2. The first-order chi connectivity index (χ1) is 9.24. The summed E-state index contributed by atoms with van der Waals surface area (Å²) in [6, 6.07) is 5.87. The van der Waals surface area contributed by atoms with Crippen LogP contribution in [-0.4, -0.2) is 20.2 Å². The normalized spacial score (nSPS) is 10.6. The molecule has 0 saturated carbocycles. The van der Waals surface area contributed by atoms with Crippen molar-refractivity contribution in [2.24, 2.45) is 0 Å². The van der Waals surface area contributed by atoms with Crippen molar-refractivity contribution < 1.29 is 8.81 Å². The van der Waals surface area contributed by atoms with Crippen LogP contribution in [0.5, 0.6) is 0 Å². The van der Waals surface area contributed by atoms with E-state index < -0.39 is 0 Å². The van der Waals surface area contributed by atoms with Gasteiger partial charge in [0.1, 0.15) is 5.82 Å². The molecule has 3 rings (SSSR count). The van der Waals surface area contributed by atoms with Crippen LogP contribution in [0, 0.1) is 5.82 Å². The van der Waals surface area contributed by atoms with Crippen molar-refractivity contribution in [3.05, 3.63) is 42.5 Å². The highest BCUT2D eigenvalue weighted by atomic mass is 19.1. The van der Waals surface area contributed by atoms with Crippen molar-refractivity contribution in [1.29, 1.82) is 0 Å². The van der Waals surface area contributed by atoms with Crippen LogP contribution in [0.15, 0.2) is 41.1 Å². The predicted molar refractivity (Wildman–Crippen MR) is 65.1 cm³/mol. The van der Waals surface area contributed by atoms with Crippen molar-refractivity contribution >= 4 is 5.82 Å². The molecule has 94 valence electrons. The van der Waals surface area contributed by atoms with E-state index in [1.807, 2.05) is 0 Å². The topological polar surface area (TPSA) is 90.7 Å². The van der Waals surface area contributed by atoms with Crippen LogP contribution < -0.4 is 5.73 Å². The van der Waals surface area contributed by atoms with Crippen LogP contribution in [0.25, 0.3) is 23.0 Å². The van der Waals surface area contributed by atoms with E-state index in [1.165, 1.54) is 24.5 Å². The Hall–Kier alpha value is -2.83. The molecule has 0 saturated heterocycles. The second-order valence-corrected chi connectivity index (χ2v) is 3.71. The molecule has 6 nitrogen and oxygen atoms in total. The van der Waals surface area contributed by atoms with E-state index in [0.717, 1.165) is 0 Å². The van der Waals surface area contributed by atoms with Crippen LogP contribution in [0.1, 0.15) is 0 Å². The lowest BCUT2D eigenvalue weighted by Crippen LogP contribution is -1.95. The number of hydrogen-bond acceptors (Lipinski definition) is 6. The number of nitrogen functional groups attached to an aromatic ring is 1. The Bertz CT molecular complexity index is 727. The summed E-state index contributed by atoms with van der Waals surface area (Å²) in [7, 11) is 0. The first kappa shape index (κ1) is 11.3. The van der Waals surface area contributed by atoms with E-state index in [4.69, 9.17) is 10.2 Å². The zero-order valence-electron chi connectivity index (χ0n) is 9.62. The fraction of sp³-hybridized carbons (Fsp3) is 0. The summed E-state index contributed by atoms with van der Waals surface area (Å²) in [6.07, 6.45) is 2.93. The molecular formula is C12H8FN5O. The van der Waals surface area contributed by atoms with E-state index in [9.17, 15) is 4.39 Å². The predicted octanol–water partition coefficient (Wildman–Crippen LogP) is 1.91. The van der Waals surface area contributed by atoms with Gasteiger partial charge in [0.2, 0.25) is 5.89 Å². The lowest BCUT2D eigenvalue weighted by molar-refractivity contribution is 0.579. The summed E-state index contributed by atoms with van der Waals surface area (Å²) in [5, 5.41) is 7.67. The maximum atomic E-state index is 13.1. The first-order valence-electron chi connectivity index (χ1n) is 5.40. The lowest BCUT2D eigenvalue weighted by atomic mass is 10.2. The van der Waals surface area contributed by atoms with E-state index in [1.54, 1.807) is 12.1 Å². The van der Waals surface area contributed by atoms with Gasteiger partial charge in [-0.3, -0.25) is 0 Å². The molecule has 0 aliphatic carbocycles. The van der Waals surface area contributed by atoms with Gasteiger partial charge in [-0.1, -0.05) is 6.07 Å². The molecule has 7 heteroatoms. The molecular weight excluding hydrogens is 249 g/mol. The highest BCUT2D eigenvalue weighted by Crippen LogP contribution is 2.24. The fourth-order valence-corrected chi connectivity index (χ4v) is 1.57. The number of halogens is 1. The highest BCUT2D eigenvalue weighted by Gasteiger charge is 2.14. The van der Waals surface area contributed by atoms with Crippen molar-refractivity contribution in [3.8, 4) is 23.0 Å². The molecule has 2 heterocycles. The van der Waals surface area contributed by atoms with Crippen molar-refractivity contribution in [3.63, 3.8) is 0 Å². The Morgan fingerprint density at radius 3 is 2.63 bits per heavy atom. The third-order valence-corrected chi connectivity index (χ3v) is 2.43. The van der Waals surface area contributed by atoms with Gasteiger partial charge < -0.3 is 10.2 Å². The van der Waals surface area contributed by atoms with Gasteiger partial charge >= 0.3 is 0 Å². The van der Waals surface area contributed by atoms with Crippen LogP contribution in [0.4, 0.5) is 10.2 Å². The highest BCUT2D eigenvalue weighted by molar-refractivity contribution is 5.63. The molecule has 0 radical (unpaired) electrons. The van der Waals surface area contributed by atoms with Gasteiger partial charge in [0.25, 0.3) is 5.89 Å². The number of hydrogen-bond donors (Lipinski definition) is 1. The number of aromatic nitrogens is 4. The molecule has 0 fully saturated rings. The third-order valence-electron chi connectivity index (χ3n) is 2.43. The number of nitrogens with two attached hydrogens (primary N) is 1. The second-order valence-electron chi connectivity index (χ2n) is 3.71. The molecule has 2 N–H and O–H groups in total. The average molecular weight is 257 g/mol. The molecule has 0 amide bonds. The lowest BCUT2D eigenvalue weighted by Gasteiger charge is -1.97. The van der Waals surface area contributed by atoms with Crippen LogP contribution in [-0.2, 0) is 0 Å². The van der Waals surface area contributed by atoms with E-state index in [2.05, 4.69) is 20.2 Å². The summed E-state index contributed by atoms with van der Waals surface area (Å²) in [5.41, 5.74) is 6.45. The molecule has 0 bridgehead atoms. The van der Waals surface area contributed by atoms with E-state index in [0.29, 0.717) is 11.3 Å². The SMILES string of the molecule is Nc1nccnc1-c1nnc(-c2cccc(F)c2)o1. The van der Waals surface area contributed by atoms with Crippen molar-refractivity contribution in [2.45, 2.75) is 0 Å².